The maximum Gasteiger partial charge on any atom is 0.402 e. The van der Waals surface area contributed by atoms with Crippen LogP contribution in [0, 0.1) is 12.3 Å². The third kappa shape index (κ3) is 16.5. The van der Waals surface area contributed by atoms with Crippen molar-refractivity contribution >= 4 is 47.5 Å². The molecule has 38 heavy (non-hydrogen) atoms. The fourth-order valence-electron chi connectivity index (χ4n) is 2.00. The van der Waals surface area contributed by atoms with E-state index in [2.05, 4.69) is 35.5 Å². The molecule has 0 aromatic heterocycles. The Labute approximate surface area is 217 Å². The Morgan fingerprint density at radius 2 is 1.32 bits per heavy atom. The summed E-state index contributed by atoms with van der Waals surface area (Å²) in [6.45, 7) is 9.94. The fraction of sp³-hybridized carbons (Fsp3) is 0.250. The number of isocyanates is 2. The first-order valence-electron chi connectivity index (χ1n) is 10.2. The van der Waals surface area contributed by atoms with Crippen LogP contribution in [-0.2, 0) is 38.2 Å². The zero-order valence-corrected chi connectivity index (χ0v) is 20.5. The van der Waals surface area contributed by atoms with Crippen LogP contribution in [0.2, 0.25) is 0 Å². The lowest BCUT2D eigenvalue weighted by Crippen LogP contribution is -2.42. The number of hydrogen-bond donors (Lipinski definition) is 3. The number of hydrogen-bond acceptors (Lipinski definition) is 12. The van der Waals surface area contributed by atoms with Crippen molar-refractivity contribution < 1.29 is 53.2 Å². The normalized spacial score (nSPS) is 9.11. The number of primary amides is 1. The average Bonchev–Trinajstić information content (AvgIpc) is 2.90. The number of aliphatic hydroxyl groups is 1. The van der Waals surface area contributed by atoms with Gasteiger partial charge in [0.25, 0.3) is 0 Å². The van der Waals surface area contributed by atoms with Crippen molar-refractivity contribution in [1.82, 2.24) is 0 Å². The molecule has 1 aromatic rings. The molecule has 0 aliphatic rings. The first-order chi connectivity index (χ1) is 17.9. The van der Waals surface area contributed by atoms with Crippen LogP contribution in [-0.4, -0.2) is 72.8 Å². The lowest BCUT2D eigenvalue weighted by molar-refractivity contribution is -0.159. The molecule has 0 unspecified atom stereocenters. The van der Waals surface area contributed by atoms with Gasteiger partial charge in [-0.15, -0.1) is 0 Å². The molecule has 0 saturated carbocycles. The lowest BCUT2D eigenvalue weighted by atomic mass is 9.92. The van der Waals surface area contributed by atoms with Gasteiger partial charge in [0.1, 0.15) is 19.8 Å². The summed E-state index contributed by atoms with van der Waals surface area (Å²) in [6, 6.07) is 4.88. The molecule has 0 heterocycles. The van der Waals surface area contributed by atoms with Gasteiger partial charge < -0.3 is 30.2 Å². The fourth-order valence-corrected chi connectivity index (χ4v) is 2.00. The second-order valence-electron chi connectivity index (χ2n) is 6.81. The highest BCUT2D eigenvalue weighted by atomic mass is 16.6. The molecule has 4 N–H and O–H groups in total. The Bertz CT molecular complexity index is 1040. The SMILES string of the molecule is C=CC(=O)OCC(CO)(COC(=O)C=C)COC(=O)C=C.Cc1ccc(N=C=O)cc1N=C=O.NC(=O)O. The molecule has 0 fully saturated rings. The van der Waals surface area contributed by atoms with Gasteiger partial charge in [-0.25, -0.2) is 28.8 Å². The number of esters is 3. The Kier molecular flexibility index (Phi) is 18.5. The smallest absolute Gasteiger partial charge is 0.402 e. The van der Waals surface area contributed by atoms with Crippen LogP contribution in [0.25, 0.3) is 0 Å². The van der Waals surface area contributed by atoms with Crippen molar-refractivity contribution in [2.75, 3.05) is 26.4 Å². The number of carbonyl (C=O) groups is 4. The van der Waals surface area contributed by atoms with Gasteiger partial charge in [-0.1, -0.05) is 25.8 Å². The molecule has 1 rings (SSSR count). The highest BCUT2D eigenvalue weighted by Gasteiger charge is 2.35. The quantitative estimate of drug-likeness (QED) is 0.115. The third-order valence-corrected chi connectivity index (χ3v) is 3.93. The highest BCUT2D eigenvalue weighted by Crippen LogP contribution is 2.24. The highest BCUT2D eigenvalue weighted by molar-refractivity contribution is 5.82. The molecular formula is C24H27N3O11. The van der Waals surface area contributed by atoms with E-state index in [1.807, 2.05) is 0 Å². The Balaban J connectivity index is 0. The Morgan fingerprint density at radius 3 is 1.63 bits per heavy atom. The van der Waals surface area contributed by atoms with E-state index in [1.54, 1.807) is 19.1 Å². The van der Waals surface area contributed by atoms with E-state index in [9.17, 15) is 29.1 Å². The zero-order valence-electron chi connectivity index (χ0n) is 20.5. The first-order valence-corrected chi connectivity index (χ1v) is 10.2. The second kappa shape index (κ2) is 20.1. The van der Waals surface area contributed by atoms with Gasteiger partial charge >= 0.3 is 24.0 Å². The van der Waals surface area contributed by atoms with Crippen molar-refractivity contribution in [3.8, 4) is 0 Å². The number of aliphatic imine (C=N–C) groups is 2. The number of carbonyl (C=O) groups excluding carboxylic acids is 5. The minimum absolute atomic E-state index is 0.330. The molecule has 0 spiro atoms. The minimum Gasteiger partial charge on any atom is -0.465 e. The van der Waals surface area contributed by atoms with E-state index in [0.717, 1.165) is 23.8 Å². The molecule has 14 nitrogen and oxygen atoms in total. The summed E-state index contributed by atoms with van der Waals surface area (Å²) < 4.78 is 14.5. The van der Waals surface area contributed by atoms with E-state index in [1.165, 1.54) is 18.2 Å². The van der Waals surface area contributed by atoms with Gasteiger partial charge in [-0.2, -0.15) is 9.98 Å². The number of benzene rings is 1. The largest absolute Gasteiger partial charge is 0.465 e. The summed E-state index contributed by atoms with van der Waals surface area (Å²) in [4.78, 5) is 68.8. The number of ether oxygens (including phenoxy) is 3. The Hall–Kier alpha value is -5.16. The number of amides is 1. The van der Waals surface area contributed by atoms with Crippen LogP contribution >= 0.6 is 0 Å². The van der Waals surface area contributed by atoms with Gasteiger partial charge in [0.15, 0.2) is 0 Å². The summed E-state index contributed by atoms with van der Waals surface area (Å²) in [5.41, 5.74) is 4.46. The average molecular weight is 533 g/mol. The predicted octanol–water partition coefficient (Wildman–Crippen LogP) is 1.71. The maximum absolute atomic E-state index is 11.1. The van der Waals surface area contributed by atoms with Gasteiger partial charge in [0, 0.05) is 18.2 Å². The number of aliphatic hydroxyl groups excluding tert-OH is 1. The number of nitrogens with two attached hydrogens (primary N) is 1. The summed E-state index contributed by atoms with van der Waals surface area (Å²) in [7, 11) is 0. The predicted molar refractivity (Wildman–Crippen MR) is 132 cm³/mol. The standard InChI is InChI=1S/C14H18O7.C9H6N2O2.CH3NO2/c1-4-11(16)19-8-14(7-15,9-20-12(17)5-2)10-21-13(18)6-3;1-7-2-3-8(10-5-12)4-9(7)11-6-13;2-1(3)4/h4-6,15H,1-3,7-10H2;2-4H,1H3;2H2,(H,3,4). The van der Waals surface area contributed by atoms with Gasteiger partial charge in [-0.05, 0) is 24.6 Å². The molecular weight excluding hydrogens is 506 g/mol. The van der Waals surface area contributed by atoms with Crippen molar-refractivity contribution in [3.63, 3.8) is 0 Å². The van der Waals surface area contributed by atoms with E-state index < -0.39 is 36.0 Å². The number of nitrogens with zero attached hydrogens (tertiary/aromatic N) is 2. The summed E-state index contributed by atoms with van der Waals surface area (Å²) >= 11 is 0. The first kappa shape index (κ1) is 35.0. The van der Waals surface area contributed by atoms with Crippen LogP contribution in [0.1, 0.15) is 5.56 Å². The van der Waals surface area contributed by atoms with E-state index in [0.29, 0.717) is 11.4 Å². The second-order valence-corrected chi connectivity index (χ2v) is 6.81. The topological polar surface area (TPSA) is 221 Å². The third-order valence-electron chi connectivity index (χ3n) is 3.93. The van der Waals surface area contributed by atoms with E-state index >= 15 is 0 Å². The molecule has 0 atom stereocenters. The van der Waals surface area contributed by atoms with Crippen molar-refractivity contribution in [3.05, 3.63) is 61.7 Å². The van der Waals surface area contributed by atoms with Crippen LogP contribution in [0.15, 0.2) is 66.1 Å². The summed E-state index contributed by atoms with van der Waals surface area (Å²) in [5, 5.41) is 16.7. The van der Waals surface area contributed by atoms with Crippen molar-refractivity contribution in [2.45, 2.75) is 6.92 Å². The lowest BCUT2D eigenvalue weighted by Gasteiger charge is -2.29. The van der Waals surface area contributed by atoms with Crippen molar-refractivity contribution in [2.24, 2.45) is 21.1 Å². The maximum atomic E-state index is 11.1. The molecule has 1 aromatic carbocycles. The molecule has 0 saturated heterocycles. The molecule has 0 aliphatic carbocycles. The van der Waals surface area contributed by atoms with Crippen LogP contribution < -0.4 is 5.73 Å². The minimum atomic E-state index is -1.33. The summed E-state index contributed by atoms with van der Waals surface area (Å²) in [6.07, 6.45) is 4.32. The van der Waals surface area contributed by atoms with Crippen LogP contribution in [0.3, 0.4) is 0 Å². The van der Waals surface area contributed by atoms with Crippen LogP contribution in [0.5, 0.6) is 0 Å². The summed E-state index contributed by atoms with van der Waals surface area (Å²) in [5.74, 6) is -2.17. The molecule has 0 bridgehead atoms. The number of aryl methyl sites for hydroxylation is 1. The monoisotopic (exact) mass is 533 g/mol. The van der Waals surface area contributed by atoms with E-state index in [4.69, 9.17) is 24.1 Å². The molecule has 204 valence electrons. The molecule has 14 heteroatoms. The molecule has 0 radical (unpaired) electrons. The van der Waals surface area contributed by atoms with Gasteiger partial charge in [-0.3, -0.25) is 0 Å². The molecule has 0 aliphatic heterocycles. The zero-order chi connectivity index (χ0) is 29.6. The van der Waals surface area contributed by atoms with Crippen LogP contribution in [0.4, 0.5) is 16.2 Å². The van der Waals surface area contributed by atoms with E-state index in [-0.39, 0.29) is 19.8 Å². The molecule has 1 amide bonds. The van der Waals surface area contributed by atoms with Gasteiger partial charge in [0.05, 0.1) is 23.4 Å². The number of carboxylic acid groups (broad SMARTS) is 1. The van der Waals surface area contributed by atoms with Gasteiger partial charge in [0.2, 0.25) is 12.2 Å². The van der Waals surface area contributed by atoms with Crippen molar-refractivity contribution in [1.29, 1.82) is 0 Å². The Morgan fingerprint density at radius 1 is 0.921 bits per heavy atom. The number of rotatable bonds is 12.